The minimum atomic E-state index is -2.73. The van der Waals surface area contributed by atoms with Crippen molar-refractivity contribution in [3.8, 4) is 11.3 Å². The first-order valence-electron chi connectivity index (χ1n) is 12.0. The molecule has 0 radical (unpaired) electrons. The third-order valence-electron chi connectivity index (χ3n) is 7.21. The van der Waals surface area contributed by atoms with Crippen molar-refractivity contribution in [3.63, 3.8) is 0 Å². The molecular weight excluding hydrogens is 552 g/mol. The van der Waals surface area contributed by atoms with Gasteiger partial charge in [0, 0.05) is 38.3 Å². The highest BCUT2D eigenvalue weighted by Crippen LogP contribution is 2.36. The highest BCUT2D eigenvalue weighted by Gasteiger charge is 2.49. The second kappa shape index (κ2) is 11.1. The van der Waals surface area contributed by atoms with Gasteiger partial charge in [0.1, 0.15) is 30.0 Å². The maximum Gasteiger partial charge on any atom is 0.265 e. The molecule has 5 rings (SSSR count). The molecule has 2 N–H and O–H groups in total. The molecule has 2 aromatic heterocycles. The summed E-state index contributed by atoms with van der Waals surface area (Å²) in [5.41, 5.74) is -1.56. The number of hydrogen-bond acceptors (Lipinski definition) is 9. The number of methoxy groups -OCH3 is 1. The summed E-state index contributed by atoms with van der Waals surface area (Å²) >= 11 is 5.64. The van der Waals surface area contributed by atoms with Gasteiger partial charge in [0.2, 0.25) is 0 Å². The van der Waals surface area contributed by atoms with Crippen molar-refractivity contribution in [1.82, 2.24) is 30.0 Å². The SMILES string of the molecule is CO[C@@H]1[C@@H](n2cc(-c3ccc(Cl)c(F)c3F)nn2)[C@@H](O)[C@@H](CO)O[C@@H]1Cc1cn([C@]2(C(F)F)CCOC2)nn1. The Balaban J connectivity index is 1.43. The molecule has 6 atom stereocenters. The van der Waals surface area contributed by atoms with Gasteiger partial charge < -0.3 is 24.4 Å². The van der Waals surface area contributed by atoms with E-state index in [1.807, 2.05) is 0 Å². The molecule has 0 bridgehead atoms. The Labute approximate surface area is 224 Å². The predicted molar refractivity (Wildman–Crippen MR) is 125 cm³/mol. The summed E-state index contributed by atoms with van der Waals surface area (Å²) in [6.07, 6.45) is -4.13. The average Bonchev–Trinajstić information content (AvgIpc) is 3.69. The number of aliphatic hydroxyl groups excluding tert-OH is 2. The van der Waals surface area contributed by atoms with E-state index in [9.17, 15) is 27.8 Å². The van der Waals surface area contributed by atoms with Gasteiger partial charge in [0.05, 0.1) is 36.2 Å². The Bertz CT molecular complexity index is 1310. The number of aliphatic hydroxyl groups is 2. The number of halogens is 5. The molecule has 0 saturated carbocycles. The van der Waals surface area contributed by atoms with Crippen LogP contribution in [0.1, 0.15) is 18.2 Å². The van der Waals surface area contributed by atoms with Crippen molar-refractivity contribution < 1.29 is 42.0 Å². The predicted octanol–water partition coefficient (Wildman–Crippen LogP) is 1.77. The fraction of sp³-hybridized carbons (Fsp3) is 0.565. The Morgan fingerprint density at radius 3 is 2.64 bits per heavy atom. The van der Waals surface area contributed by atoms with Crippen molar-refractivity contribution in [2.75, 3.05) is 26.9 Å². The van der Waals surface area contributed by atoms with Crippen molar-refractivity contribution in [3.05, 3.63) is 46.9 Å². The van der Waals surface area contributed by atoms with Crippen molar-refractivity contribution in [2.45, 2.75) is 55.3 Å². The lowest BCUT2D eigenvalue weighted by atomic mass is 9.90. The van der Waals surface area contributed by atoms with Crippen LogP contribution in [0.15, 0.2) is 24.5 Å². The first-order chi connectivity index (χ1) is 18.7. The molecule has 3 aromatic rings. The molecule has 2 aliphatic heterocycles. The summed E-state index contributed by atoms with van der Waals surface area (Å²) in [6, 6.07) is 1.43. The van der Waals surface area contributed by atoms with Gasteiger partial charge in [-0.3, -0.25) is 0 Å². The van der Waals surface area contributed by atoms with E-state index in [0.717, 1.165) is 4.68 Å². The number of rotatable bonds is 8. The first-order valence-corrected chi connectivity index (χ1v) is 12.4. The second-order valence-corrected chi connectivity index (χ2v) is 9.86. The monoisotopic (exact) mass is 576 g/mol. The van der Waals surface area contributed by atoms with Crippen LogP contribution in [-0.2, 0) is 26.2 Å². The Kier molecular flexibility index (Phi) is 7.90. The van der Waals surface area contributed by atoms with E-state index in [0.29, 0.717) is 5.69 Å². The number of nitrogens with zero attached hydrogens (tertiary/aromatic N) is 6. The smallest absolute Gasteiger partial charge is 0.265 e. The van der Waals surface area contributed by atoms with E-state index in [1.165, 1.54) is 36.3 Å². The zero-order valence-electron chi connectivity index (χ0n) is 20.5. The van der Waals surface area contributed by atoms with Gasteiger partial charge in [0.15, 0.2) is 17.2 Å². The molecule has 2 fully saturated rings. The number of ether oxygens (including phenoxy) is 3. The molecule has 39 heavy (non-hydrogen) atoms. The molecular formula is C23H25ClF4N6O5. The maximum absolute atomic E-state index is 14.5. The molecule has 2 aliphatic rings. The molecule has 212 valence electrons. The zero-order valence-corrected chi connectivity index (χ0v) is 21.3. The number of hydrogen-bond donors (Lipinski definition) is 2. The van der Waals surface area contributed by atoms with Crippen molar-refractivity contribution >= 4 is 11.6 Å². The molecule has 0 amide bonds. The number of alkyl halides is 2. The lowest BCUT2D eigenvalue weighted by molar-refractivity contribution is -0.212. The van der Waals surface area contributed by atoms with E-state index in [1.54, 1.807) is 0 Å². The third kappa shape index (κ3) is 4.91. The van der Waals surface area contributed by atoms with Gasteiger partial charge in [-0.2, -0.15) is 0 Å². The van der Waals surface area contributed by atoms with Gasteiger partial charge in [0.25, 0.3) is 6.43 Å². The summed E-state index contributed by atoms with van der Waals surface area (Å²) < 4.78 is 75.4. The fourth-order valence-corrected chi connectivity index (χ4v) is 5.18. The normalized spacial score (nSPS) is 29.4. The average molecular weight is 577 g/mol. The third-order valence-corrected chi connectivity index (χ3v) is 7.50. The zero-order chi connectivity index (χ0) is 27.9. The second-order valence-electron chi connectivity index (χ2n) is 9.45. The topological polar surface area (TPSA) is 130 Å². The molecule has 16 heteroatoms. The molecule has 11 nitrogen and oxygen atoms in total. The summed E-state index contributed by atoms with van der Waals surface area (Å²) in [4.78, 5) is 0. The van der Waals surface area contributed by atoms with E-state index >= 15 is 0 Å². The van der Waals surface area contributed by atoms with Crippen LogP contribution in [0, 0.1) is 11.6 Å². The summed E-state index contributed by atoms with van der Waals surface area (Å²) in [5.74, 6) is -2.45. The molecule has 1 aromatic carbocycles. The standard InChI is InChI=1S/C23H25ClF4N6O5/c1-37-21-15(6-11-7-34(32-29-11)23(22(27)28)4-5-38-10-23)39-16(9-35)20(36)19(21)33-8-14(30-31-33)12-2-3-13(24)18(26)17(12)25/h2-3,7-8,15-16,19-22,35-36H,4-6,9-10H2,1H3/t15-,16-,19+,20+,21+,23-/m1/s1. The molecule has 2 saturated heterocycles. The lowest BCUT2D eigenvalue weighted by Crippen LogP contribution is -2.57. The van der Waals surface area contributed by atoms with Crippen LogP contribution < -0.4 is 0 Å². The van der Waals surface area contributed by atoms with Crippen LogP contribution in [0.2, 0.25) is 5.02 Å². The van der Waals surface area contributed by atoms with Gasteiger partial charge in [-0.1, -0.05) is 22.0 Å². The Hall–Kier alpha value is -2.69. The minimum absolute atomic E-state index is 0.0248. The van der Waals surface area contributed by atoms with Crippen LogP contribution in [0.5, 0.6) is 0 Å². The van der Waals surface area contributed by atoms with E-state index < -0.39 is 65.7 Å². The van der Waals surface area contributed by atoms with Crippen LogP contribution in [-0.4, -0.2) is 98.0 Å². The highest BCUT2D eigenvalue weighted by molar-refractivity contribution is 6.30. The van der Waals surface area contributed by atoms with Crippen LogP contribution in [0.4, 0.5) is 17.6 Å². The van der Waals surface area contributed by atoms with Gasteiger partial charge >= 0.3 is 0 Å². The quantitative estimate of drug-likeness (QED) is 0.304. The first kappa shape index (κ1) is 27.9. The van der Waals surface area contributed by atoms with Gasteiger partial charge in [-0.25, -0.2) is 26.9 Å². The van der Waals surface area contributed by atoms with E-state index in [4.69, 9.17) is 25.8 Å². The van der Waals surface area contributed by atoms with Crippen LogP contribution >= 0.6 is 11.6 Å². The minimum Gasteiger partial charge on any atom is -0.394 e. The maximum atomic E-state index is 14.5. The largest absolute Gasteiger partial charge is 0.394 e. The summed E-state index contributed by atoms with van der Waals surface area (Å²) in [5, 5.41) is 36.3. The fourth-order valence-electron chi connectivity index (χ4n) is 5.04. The van der Waals surface area contributed by atoms with Crippen LogP contribution in [0.3, 0.4) is 0 Å². The molecule has 0 aliphatic carbocycles. The van der Waals surface area contributed by atoms with E-state index in [2.05, 4.69) is 20.6 Å². The van der Waals surface area contributed by atoms with Gasteiger partial charge in [-0.05, 0) is 12.1 Å². The summed E-state index contributed by atoms with van der Waals surface area (Å²) in [7, 11) is 1.37. The molecule has 0 unspecified atom stereocenters. The number of benzene rings is 1. The van der Waals surface area contributed by atoms with Crippen molar-refractivity contribution in [1.29, 1.82) is 0 Å². The Morgan fingerprint density at radius 1 is 1.18 bits per heavy atom. The number of aromatic nitrogens is 6. The van der Waals surface area contributed by atoms with Crippen LogP contribution in [0.25, 0.3) is 11.3 Å². The lowest BCUT2D eigenvalue weighted by Gasteiger charge is -2.43. The van der Waals surface area contributed by atoms with Gasteiger partial charge in [-0.15, -0.1) is 10.2 Å². The summed E-state index contributed by atoms with van der Waals surface area (Å²) in [6.45, 7) is -0.607. The Morgan fingerprint density at radius 2 is 1.97 bits per heavy atom. The van der Waals surface area contributed by atoms with E-state index in [-0.39, 0.29) is 37.3 Å². The highest BCUT2D eigenvalue weighted by atomic mass is 35.5. The molecule has 4 heterocycles. The van der Waals surface area contributed by atoms with Crippen molar-refractivity contribution in [2.24, 2.45) is 0 Å². The molecule has 0 spiro atoms.